The number of fused-ring (bicyclic) bond motifs is 1. The molecule has 35 heavy (non-hydrogen) atoms. The molecule has 2 N–H and O–H groups in total. The van der Waals surface area contributed by atoms with Crippen LogP contribution in [0.25, 0.3) is 22.3 Å². The van der Waals surface area contributed by atoms with Gasteiger partial charge >= 0.3 is 0 Å². The second kappa shape index (κ2) is 10.4. The third kappa shape index (κ3) is 5.17. The molecule has 2 aromatic carbocycles. The summed E-state index contributed by atoms with van der Waals surface area (Å²) in [7, 11) is 9.62. The van der Waals surface area contributed by atoms with Crippen LogP contribution in [0.2, 0.25) is 0 Å². The minimum Gasteiger partial charge on any atom is -0.494 e. The van der Waals surface area contributed by atoms with Crippen LogP contribution in [-0.2, 0) is 11.8 Å². The molecule has 0 aliphatic rings. The summed E-state index contributed by atoms with van der Waals surface area (Å²) in [4.78, 5) is 28.9. The Morgan fingerprint density at radius 2 is 1.89 bits per heavy atom. The summed E-state index contributed by atoms with van der Waals surface area (Å²) in [5.74, 6) is 1.52. The Kier molecular flexibility index (Phi) is 7.11. The molecule has 10 nitrogen and oxygen atoms in total. The molecule has 0 saturated carbocycles. The molecule has 0 saturated heterocycles. The van der Waals surface area contributed by atoms with E-state index in [2.05, 4.69) is 41.5 Å². The van der Waals surface area contributed by atoms with Crippen molar-refractivity contribution in [3.63, 3.8) is 0 Å². The highest BCUT2D eigenvalue weighted by Crippen LogP contribution is 2.38. The summed E-state index contributed by atoms with van der Waals surface area (Å²) in [6.45, 7) is 1.64. The fraction of sp³-hybridized carbons (Fsp3) is 0.280. The van der Waals surface area contributed by atoms with Gasteiger partial charge in [0.15, 0.2) is 5.82 Å². The number of carbonyl (C=O) groups excluding carboxylic acids is 1. The maximum Gasteiger partial charge on any atom is 0.230 e. The molecule has 2 aromatic heterocycles. The van der Waals surface area contributed by atoms with Crippen LogP contribution in [0.5, 0.6) is 5.75 Å². The minimum absolute atomic E-state index is 0.368. The van der Waals surface area contributed by atoms with Gasteiger partial charge in [0.25, 0.3) is 0 Å². The third-order valence-corrected chi connectivity index (χ3v) is 5.78. The predicted octanol–water partition coefficient (Wildman–Crippen LogP) is 3.35. The molecule has 0 aliphatic heterocycles. The number of hydrogen-bond donors (Lipinski definition) is 2. The van der Waals surface area contributed by atoms with E-state index in [1.807, 2.05) is 69.3 Å². The van der Waals surface area contributed by atoms with Crippen molar-refractivity contribution in [3.8, 4) is 17.1 Å². The van der Waals surface area contributed by atoms with E-state index >= 15 is 0 Å². The number of nitrogens with one attached hydrogen (secondary N) is 2. The van der Waals surface area contributed by atoms with E-state index in [9.17, 15) is 4.79 Å². The molecule has 182 valence electrons. The van der Waals surface area contributed by atoms with E-state index in [0.717, 1.165) is 35.2 Å². The fourth-order valence-electron chi connectivity index (χ4n) is 3.93. The van der Waals surface area contributed by atoms with Gasteiger partial charge in [-0.2, -0.15) is 4.98 Å². The average molecular weight is 475 g/mol. The molecular weight excluding hydrogens is 444 g/mol. The molecule has 4 rings (SSSR count). The number of para-hydroxylation sites is 1. The molecule has 0 unspecified atom stereocenters. The Labute approximate surface area is 204 Å². The number of methoxy groups -OCH3 is 1. The first-order chi connectivity index (χ1) is 16.9. The summed E-state index contributed by atoms with van der Waals surface area (Å²) in [5.41, 5.74) is 4.12. The molecule has 0 bridgehead atoms. The minimum atomic E-state index is 0.368. The second-order valence-electron chi connectivity index (χ2n) is 8.49. The van der Waals surface area contributed by atoms with Crippen LogP contribution >= 0.6 is 0 Å². The van der Waals surface area contributed by atoms with Crippen molar-refractivity contribution < 1.29 is 9.53 Å². The zero-order chi connectivity index (χ0) is 24.9. The van der Waals surface area contributed by atoms with Gasteiger partial charge in [-0.15, -0.1) is 0 Å². The van der Waals surface area contributed by atoms with E-state index < -0.39 is 0 Å². The van der Waals surface area contributed by atoms with Crippen LogP contribution in [0.4, 0.5) is 23.0 Å². The number of carbonyl (C=O) groups is 1. The number of ether oxygens (including phenoxy) is 1. The third-order valence-electron chi connectivity index (χ3n) is 5.78. The molecule has 0 spiro atoms. The maximum atomic E-state index is 11.3. The molecule has 0 aliphatic carbocycles. The Hall–Kier alpha value is -4.18. The first-order valence-electron chi connectivity index (χ1n) is 11.2. The standard InChI is InChI=1S/C25H30N8O2/c1-31(2)10-11-32(3)22-13-23(35-5)20(12-19(22)28-16-34)29-25-27-15-26-24(30-25)18-14-33(4)21-9-7-6-8-17(18)21/h6-9,12-16H,10-11H2,1-5H3,(H,28,34)(H,26,27,29,30). The van der Waals surface area contributed by atoms with Gasteiger partial charge in [0.1, 0.15) is 12.1 Å². The van der Waals surface area contributed by atoms with E-state index in [1.54, 1.807) is 7.11 Å². The zero-order valence-electron chi connectivity index (χ0n) is 20.6. The summed E-state index contributed by atoms with van der Waals surface area (Å²) in [5, 5.41) is 7.08. The smallest absolute Gasteiger partial charge is 0.230 e. The number of aryl methyl sites for hydroxylation is 1. The van der Waals surface area contributed by atoms with Gasteiger partial charge in [-0.25, -0.2) is 9.97 Å². The largest absolute Gasteiger partial charge is 0.494 e. The Bertz CT molecular complexity index is 1330. The molecular formula is C25H30N8O2. The van der Waals surface area contributed by atoms with Crippen molar-refractivity contribution in [2.45, 2.75) is 0 Å². The fourth-order valence-corrected chi connectivity index (χ4v) is 3.93. The first-order valence-corrected chi connectivity index (χ1v) is 11.2. The monoisotopic (exact) mass is 474 g/mol. The quantitative estimate of drug-likeness (QED) is 0.338. The lowest BCUT2D eigenvalue weighted by molar-refractivity contribution is -0.105. The van der Waals surface area contributed by atoms with Crippen molar-refractivity contribution in [3.05, 3.63) is 48.9 Å². The van der Waals surface area contributed by atoms with Gasteiger partial charge in [0.05, 0.1) is 24.2 Å². The number of nitrogens with zero attached hydrogens (tertiary/aromatic N) is 6. The molecule has 0 atom stereocenters. The number of benzene rings is 2. The van der Waals surface area contributed by atoms with Crippen molar-refractivity contribution in [1.29, 1.82) is 0 Å². The number of rotatable bonds is 10. The van der Waals surface area contributed by atoms with E-state index in [4.69, 9.17) is 4.74 Å². The average Bonchev–Trinajstić information content (AvgIpc) is 3.20. The van der Waals surface area contributed by atoms with Gasteiger partial charge < -0.3 is 29.7 Å². The summed E-state index contributed by atoms with van der Waals surface area (Å²) < 4.78 is 7.70. The number of hydrogen-bond acceptors (Lipinski definition) is 8. The summed E-state index contributed by atoms with van der Waals surface area (Å²) in [6.07, 6.45) is 4.15. The van der Waals surface area contributed by atoms with Gasteiger partial charge in [-0.1, -0.05) is 18.2 Å². The molecule has 4 aromatic rings. The number of likely N-dealkylation sites (N-methyl/N-ethyl adjacent to an activating group) is 2. The second-order valence-corrected chi connectivity index (χ2v) is 8.49. The predicted molar refractivity (Wildman–Crippen MR) is 140 cm³/mol. The SMILES string of the molecule is COc1cc(N(C)CCN(C)C)c(NC=O)cc1Nc1ncnc(-c2cn(C)c3ccccc23)n1. The van der Waals surface area contributed by atoms with E-state index in [-0.39, 0.29) is 0 Å². The van der Waals surface area contributed by atoms with Crippen LogP contribution in [-0.4, -0.2) is 72.2 Å². The normalized spacial score (nSPS) is 11.0. The Morgan fingerprint density at radius 3 is 2.63 bits per heavy atom. The van der Waals surface area contributed by atoms with Crippen LogP contribution in [0.1, 0.15) is 0 Å². The van der Waals surface area contributed by atoms with Crippen molar-refractivity contribution in [2.75, 3.05) is 56.9 Å². The van der Waals surface area contributed by atoms with Crippen LogP contribution in [0.15, 0.2) is 48.9 Å². The number of anilines is 4. The molecule has 0 fully saturated rings. The van der Waals surface area contributed by atoms with E-state index in [0.29, 0.717) is 35.3 Å². The van der Waals surface area contributed by atoms with Gasteiger partial charge in [0, 0.05) is 55.9 Å². The summed E-state index contributed by atoms with van der Waals surface area (Å²) >= 11 is 0. The van der Waals surface area contributed by atoms with E-state index in [1.165, 1.54) is 6.33 Å². The Morgan fingerprint density at radius 1 is 1.09 bits per heavy atom. The molecule has 1 amide bonds. The lowest BCUT2D eigenvalue weighted by Crippen LogP contribution is -2.29. The molecule has 10 heteroatoms. The van der Waals surface area contributed by atoms with Gasteiger partial charge in [0.2, 0.25) is 12.4 Å². The van der Waals surface area contributed by atoms with Gasteiger partial charge in [-0.05, 0) is 26.2 Å². The van der Waals surface area contributed by atoms with Gasteiger partial charge in [-0.3, -0.25) is 4.79 Å². The number of amides is 1. The highest BCUT2D eigenvalue weighted by molar-refractivity contribution is 5.94. The molecule has 0 radical (unpaired) electrons. The highest BCUT2D eigenvalue weighted by Gasteiger charge is 2.16. The van der Waals surface area contributed by atoms with Crippen LogP contribution in [0, 0.1) is 0 Å². The highest BCUT2D eigenvalue weighted by atomic mass is 16.5. The lowest BCUT2D eigenvalue weighted by atomic mass is 10.1. The van der Waals surface area contributed by atoms with Crippen molar-refractivity contribution in [1.82, 2.24) is 24.4 Å². The topological polar surface area (TPSA) is 100 Å². The molecule has 2 heterocycles. The maximum absolute atomic E-state index is 11.3. The lowest BCUT2D eigenvalue weighted by Gasteiger charge is -2.25. The Balaban J connectivity index is 1.68. The van der Waals surface area contributed by atoms with Crippen molar-refractivity contribution >= 4 is 40.3 Å². The summed E-state index contributed by atoms with van der Waals surface area (Å²) in [6, 6.07) is 11.8. The van der Waals surface area contributed by atoms with Crippen LogP contribution < -0.4 is 20.3 Å². The zero-order valence-corrected chi connectivity index (χ0v) is 20.6. The number of aromatic nitrogens is 4. The first kappa shape index (κ1) is 24.0. The van der Waals surface area contributed by atoms with Crippen molar-refractivity contribution in [2.24, 2.45) is 7.05 Å². The van der Waals surface area contributed by atoms with Crippen LogP contribution in [0.3, 0.4) is 0 Å².